The number of aliphatic hydroxyl groups is 2. The van der Waals surface area contributed by atoms with Crippen molar-refractivity contribution in [2.75, 3.05) is 26.8 Å². The molecule has 0 bridgehead atoms. The highest BCUT2D eigenvalue weighted by molar-refractivity contribution is 7.54. The van der Waals surface area contributed by atoms with Crippen LogP contribution in [0.2, 0.25) is 0 Å². The second-order valence-electron chi connectivity index (χ2n) is 7.16. The molecule has 178 valence electrons. The molecule has 0 spiro atoms. The molecule has 9 heteroatoms. The Morgan fingerprint density at radius 2 is 1.47 bits per heavy atom. The molecule has 2 atom stereocenters. The zero-order valence-corrected chi connectivity index (χ0v) is 19.8. The van der Waals surface area contributed by atoms with E-state index < -0.39 is 27.0 Å². The molecule has 1 unspecified atom stereocenters. The van der Waals surface area contributed by atoms with Crippen LogP contribution in [-0.4, -0.2) is 37.0 Å². The van der Waals surface area contributed by atoms with Crippen molar-refractivity contribution in [3.63, 3.8) is 0 Å². The van der Waals surface area contributed by atoms with E-state index in [1.807, 2.05) is 51.1 Å². The summed E-state index contributed by atoms with van der Waals surface area (Å²) in [6, 6.07) is 14.5. The summed E-state index contributed by atoms with van der Waals surface area (Å²) in [5.74, 6) is -0.352. The third-order valence-corrected chi connectivity index (χ3v) is 6.86. The Bertz CT molecular complexity index is 837. The molecular formula is C23H34NO7P. The summed E-state index contributed by atoms with van der Waals surface area (Å²) in [5, 5.41) is 21.8. The van der Waals surface area contributed by atoms with Gasteiger partial charge in [-0.15, -0.1) is 0 Å². The highest BCUT2D eigenvalue weighted by atomic mass is 31.2. The summed E-state index contributed by atoms with van der Waals surface area (Å²) in [6.45, 7) is 5.28. The normalized spacial score (nSPS) is 13.5. The molecular weight excluding hydrogens is 433 g/mol. The lowest BCUT2D eigenvalue weighted by Crippen LogP contribution is -2.26. The van der Waals surface area contributed by atoms with Gasteiger partial charge in [0.25, 0.3) is 0 Å². The number of benzene rings is 2. The number of rotatable bonds is 15. The molecule has 0 aromatic heterocycles. The molecule has 0 aliphatic heterocycles. The van der Waals surface area contributed by atoms with Gasteiger partial charge in [0.05, 0.1) is 13.2 Å². The fraction of sp³-hybridized carbons (Fsp3) is 0.478. The van der Waals surface area contributed by atoms with Crippen molar-refractivity contribution in [2.24, 2.45) is 0 Å². The average molecular weight is 467 g/mol. The molecule has 3 N–H and O–H groups in total. The van der Waals surface area contributed by atoms with Gasteiger partial charge in [0, 0.05) is 6.04 Å². The lowest BCUT2D eigenvalue weighted by Gasteiger charge is -2.31. The van der Waals surface area contributed by atoms with E-state index in [9.17, 15) is 9.67 Å². The van der Waals surface area contributed by atoms with Crippen LogP contribution in [0.5, 0.6) is 11.5 Å². The molecule has 0 heterocycles. The molecule has 2 rings (SSSR count). The Kier molecular flexibility index (Phi) is 11.2. The van der Waals surface area contributed by atoms with Crippen molar-refractivity contribution >= 4 is 7.60 Å². The molecule has 8 nitrogen and oxygen atoms in total. The minimum absolute atomic E-state index is 0.166. The topological polar surface area (TPSA) is 106 Å². The van der Waals surface area contributed by atoms with E-state index in [4.69, 9.17) is 23.6 Å². The van der Waals surface area contributed by atoms with Gasteiger partial charge in [-0.1, -0.05) is 50.2 Å². The average Bonchev–Trinajstić information content (AvgIpc) is 2.81. The molecule has 0 amide bonds. The number of nitrogens with one attached hydrogen (secondary N) is 1. The highest BCUT2D eigenvalue weighted by Crippen LogP contribution is 2.61. The second kappa shape index (κ2) is 13.6. The van der Waals surface area contributed by atoms with Crippen LogP contribution in [0, 0.1) is 0 Å². The molecule has 2 aromatic carbocycles. The Balaban J connectivity index is 2.50. The first-order chi connectivity index (χ1) is 15.5. The smallest absolute Gasteiger partial charge is 0.351 e. The van der Waals surface area contributed by atoms with Crippen molar-refractivity contribution in [2.45, 2.75) is 45.4 Å². The summed E-state index contributed by atoms with van der Waals surface area (Å²) < 4.78 is 36.1. The van der Waals surface area contributed by atoms with Gasteiger partial charge in [-0.05, 0) is 43.0 Å². The Labute approximate surface area is 190 Å². The van der Waals surface area contributed by atoms with Crippen molar-refractivity contribution in [3.8, 4) is 11.5 Å². The van der Waals surface area contributed by atoms with E-state index in [1.165, 1.54) is 0 Å². The Hall–Kier alpha value is -1.93. The summed E-state index contributed by atoms with van der Waals surface area (Å²) in [4.78, 5) is 0. The van der Waals surface area contributed by atoms with Gasteiger partial charge < -0.3 is 28.7 Å². The van der Waals surface area contributed by atoms with Crippen molar-refractivity contribution < 1.29 is 33.3 Å². The number of aliphatic hydroxyl groups excluding tert-OH is 2. The first-order valence-electron chi connectivity index (χ1n) is 10.8. The van der Waals surface area contributed by atoms with Gasteiger partial charge in [0.2, 0.25) is 0 Å². The summed E-state index contributed by atoms with van der Waals surface area (Å²) in [6.07, 6.45) is 1.37. The van der Waals surface area contributed by atoms with E-state index in [0.717, 1.165) is 5.56 Å². The molecule has 2 aromatic rings. The Morgan fingerprint density at radius 1 is 0.875 bits per heavy atom. The van der Waals surface area contributed by atoms with Gasteiger partial charge in [0.1, 0.15) is 5.78 Å². The third-order valence-electron chi connectivity index (χ3n) is 4.70. The van der Waals surface area contributed by atoms with Crippen LogP contribution in [-0.2, 0) is 13.6 Å². The monoisotopic (exact) mass is 467 g/mol. The van der Waals surface area contributed by atoms with Crippen LogP contribution >= 0.6 is 7.60 Å². The van der Waals surface area contributed by atoms with Crippen LogP contribution in [0.4, 0.5) is 0 Å². The molecule has 0 saturated heterocycles. The van der Waals surface area contributed by atoms with Crippen LogP contribution in [0.1, 0.15) is 56.6 Å². The maximum atomic E-state index is 14.0. The predicted octanol–water partition coefficient (Wildman–Crippen LogP) is 4.74. The van der Waals surface area contributed by atoms with Gasteiger partial charge in [-0.3, -0.25) is 9.88 Å². The fourth-order valence-corrected chi connectivity index (χ4v) is 5.31. The lowest BCUT2D eigenvalue weighted by molar-refractivity contribution is 0.0743. The van der Waals surface area contributed by atoms with E-state index in [0.29, 0.717) is 18.4 Å². The summed E-state index contributed by atoms with van der Waals surface area (Å²) in [7, 11) is -3.65. The second-order valence-corrected chi connectivity index (χ2v) is 9.27. The van der Waals surface area contributed by atoms with Crippen LogP contribution < -0.4 is 14.8 Å². The van der Waals surface area contributed by atoms with E-state index in [1.54, 1.807) is 18.2 Å². The molecule has 0 radical (unpaired) electrons. The van der Waals surface area contributed by atoms with Crippen molar-refractivity contribution in [1.29, 1.82) is 0 Å². The Morgan fingerprint density at radius 3 is 2.03 bits per heavy atom. The molecule has 32 heavy (non-hydrogen) atoms. The maximum absolute atomic E-state index is 14.0. The molecule has 0 saturated carbocycles. The van der Waals surface area contributed by atoms with Crippen LogP contribution in [0.15, 0.2) is 48.5 Å². The van der Waals surface area contributed by atoms with E-state index >= 15 is 0 Å². The van der Waals surface area contributed by atoms with Crippen LogP contribution in [0.3, 0.4) is 0 Å². The summed E-state index contributed by atoms with van der Waals surface area (Å²) in [5.41, 5.74) is 1.60. The molecule has 0 aliphatic rings. The fourth-order valence-electron chi connectivity index (χ4n) is 3.13. The minimum atomic E-state index is -3.65. The minimum Gasteiger partial charge on any atom is -0.464 e. The van der Waals surface area contributed by atoms with Crippen molar-refractivity contribution in [3.05, 3.63) is 59.7 Å². The van der Waals surface area contributed by atoms with Crippen LogP contribution in [0.25, 0.3) is 0 Å². The standard InChI is InChI=1S/C23H34NO7P/c1-4-13-30-32(27,31-14-5-2)23(24-18(3)19-9-7-6-8-10-19)20-11-12-21(28-16-25)22(15-20)29-17-26/h6-12,15,18,23-26H,4-5,13-14,16-17H2,1-3H3/t18-,23?/m0/s1. The first kappa shape index (κ1) is 26.3. The molecule has 0 aliphatic carbocycles. The van der Waals surface area contributed by atoms with Gasteiger partial charge >= 0.3 is 7.60 Å². The van der Waals surface area contributed by atoms with E-state index in [2.05, 4.69) is 5.32 Å². The third kappa shape index (κ3) is 7.30. The van der Waals surface area contributed by atoms with Gasteiger partial charge in [0.15, 0.2) is 25.1 Å². The SMILES string of the molecule is CCCOP(=O)(OCCC)C(N[C@@H](C)c1ccccc1)c1ccc(OCO)c(OCO)c1. The highest BCUT2D eigenvalue weighted by Gasteiger charge is 2.38. The van der Waals surface area contributed by atoms with E-state index in [-0.39, 0.29) is 30.8 Å². The van der Waals surface area contributed by atoms with Gasteiger partial charge in [-0.25, -0.2) is 0 Å². The first-order valence-corrected chi connectivity index (χ1v) is 12.4. The molecule has 0 fully saturated rings. The largest absolute Gasteiger partial charge is 0.464 e. The number of hydrogen-bond acceptors (Lipinski definition) is 8. The number of ether oxygens (including phenoxy) is 2. The van der Waals surface area contributed by atoms with Gasteiger partial charge in [-0.2, -0.15) is 0 Å². The predicted molar refractivity (Wildman–Crippen MR) is 123 cm³/mol. The lowest BCUT2D eigenvalue weighted by atomic mass is 10.1. The summed E-state index contributed by atoms with van der Waals surface area (Å²) >= 11 is 0. The zero-order chi connectivity index (χ0) is 23.4. The zero-order valence-electron chi connectivity index (χ0n) is 18.9. The number of hydrogen-bond donors (Lipinski definition) is 3. The maximum Gasteiger partial charge on any atom is 0.351 e. The van der Waals surface area contributed by atoms with Crippen molar-refractivity contribution in [1.82, 2.24) is 5.32 Å². The quantitative estimate of drug-likeness (QED) is 0.255.